The molecule has 0 radical (unpaired) electrons. The van der Waals surface area contributed by atoms with Gasteiger partial charge >= 0.3 is 0 Å². The molecule has 0 aromatic heterocycles. The largest absolute Gasteiger partial charge is 0.305 e. The fraction of sp³-hybridized carbons (Fsp3) is 0.333. The molecule has 1 rings (SSSR count). The van der Waals surface area contributed by atoms with Crippen molar-refractivity contribution in [2.75, 3.05) is 13.4 Å². The molecule has 0 amide bonds. The van der Waals surface area contributed by atoms with E-state index in [2.05, 4.69) is 5.48 Å². The van der Waals surface area contributed by atoms with Gasteiger partial charge in [0.15, 0.2) is 0 Å². The van der Waals surface area contributed by atoms with Gasteiger partial charge in [0.2, 0.25) is 0 Å². The maximum atomic E-state index is 13.0. The Kier molecular flexibility index (Phi) is 4.21. The van der Waals surface area contributed by atoms with Crippen LogP contribution in [0.3, 0.4) is 0 Å². The first kappa shape index (κ1) is 10.5. The fourth-order valence-electron chi connectivity index (χ4n) is 0.970. The van der Waals surface area contributed by atoms with E-state index >= 15 is 0 Å². The van der Waals surface area contributed by atoms with Crippen LogP contribution >= 0.6 is 11.8 Å². The van der Waals surface area contributed by atoms with Crippen molar-refractivity contribution in [3.8, 4) is 0 Å². The first-order chi connectivity index (χ1) is 6.27. The number of thioether (sulfide) groups is 1. The van der Waals surface area contributed by atoms with E-state index in [1.807, 2.05) is 12.3 Å². The van der Waals surface area contributed by atoms with Crippen molar-refractivity contribution in [3.63, 3.8) is 0 Å². The lowest BCUT2D eigenvalue weighted by Crippen LogP contribution is -2.10. The Balaban J connectivity index is 2.74. The average Bonchev–Trinajstić information content (AvgIpc) is 2.16. The monoisotopic (exact) mass is 201 g/mol. The molecule has 0 aliphatic heterocycles. The molecule has 1 aromatic carbocycles. The number of benzene rings is 1. The summed E-state index contributed by atoms with van der Waals surface area (Å²) in [7, 11) is 1.55. The highest BCUT2D eigenvalue weighted by atomic mass is 32.2. The highest BCUT2D eigenvalue weighted by molar-refractivity contribution is 7.98. The zero-order chi connectivity index (χ0) is 9.68. The van der Waals surface area contributed by atoms with Crippen molar-refractivity contribution in [3.05, 3.63) is 29.6 Å². The van der Waals surface area contributed by atoms with Crippen molar-refractivity contribution < 1.29 is 9.23 Å². The Hall–Kier alpha value is -0.580. The molecule has 1 aromatic rings. The molecule has 0 saturated carbocycles. The van der Waals surface area contributed by atoms with Crippen LogP contribution in [0.2, 0.25) is 0 Å². The summed E-state index contributed by atoms with van der Waals surface area (Å²) in [5.41, 5.74) is 3.71. The standard InChI is InChI=1S/C9H12FNOS/c1-12-11-6-7-3-4-8(10)9(5-7)13-2/h3-5,11H,6H2,1-2H3. The summed E-state index contributed by atoms with van der Waals surface area (Å²) in [5, 5.41) is 0. The molecule has 0 saturated heterocycles. The summed E-state index contributed by atoms with van der Waals surface area (Å²) in [4.78, 5) is 5.36. The van der Waals surface area contributed by atoms with Gasteiger partial charge in [-0.05, 0) is 24.0 Å². The summed E-state index contributed by atoms with van der Waals surface area (Å²) < 4.78 is 13.0. The Bertz CT molecular complexity index is 280. The second-order valence-corrected chi connectivity index (χ2v) is 3.34. The van der Waals surface area contributed by atoms with Crippen LogP contribution in [0.25, 0.3) is 0 Å². The molecule has 4 heteroatoms. The minimum atomic E-state index is -0.173. The normalized spacial score (nSPS) is 10.4. The van der Waals surface area contributed by atoms with Gasteiger partial charge in [0.05, 0.1) is 7.11 Å². The SMILES string of the molecule is CONCc1ccc(F)c(SC)c1. The summed E-state index contributed by atoms with van der Waals surface area (Å²) in [5.74, 6) is -0.173. The van der Waals surface area contributed by atoms with Gasteiger partial charge in [-0.2, -0.15) is 5.48 Å². The van der Waals surface area contributed by atoms with Crippen LogP contribution in [0.4, 0.5) is 4.39 Å². The Morgan fingerprint density at radius 3 is 2.92 bits per heavy atom. The molecule has 0 aliphatic rings. The summed E-state index contributed by atoms with van der Waals surface area (Å²) in [6.07, 6.45) is 1.85. The predicted molar refractivity (Wildman–Crippen MR) is 52.0 cm³/mol. The summed E-state index contributed by atoms with van der Waals surface area (Å²) >= 11 is 1.40. The van der Waals surface area contributed by atoms with Crippen LogP contribution in [0.5, 0.6) is 0 Å². The van der Waals surface area contributed by atoms with Gasteiger partial charge in [-0.1, -0.05) is 6.07 Å². The molecule has 13 heavy (non-hydrogen) atoms. The Labute approximate surface area is 81.4 Å². The molecule has 1 N–H and O–H groups in total. The van der Waals surface area contributed by atoms with Crippen LogP contribution in [0.15, 0.2) is 23.1 Å². The lowest BCUT2D eigenvalue weighted by atomic mass is 10.2. The molecule has 0 fully saturated rings. The summed E-state index contributed by atoms with van der Waals surface area (Å²) in [6.45, 7) is 0.588. The number of hydrogen-bond acceptors (Lipinski definition) is 3. The molecule has 0 heterocycles. The molecular weight excluding hydrogens is 189 g/mol. The maximum Gasteiger partial charge on any atom is 0.136 e. The number of hydrogen-bond donors (Lipinski definition) is 1. The van der Waals surface area contributed by atoms with Gasteiger partial charge in [-0.3, -0.25) is 0 Å². The first-order valence-corrected chi connectivity index (χ1v) is 5.08. The topological polar surface area (TPSA) is 21.3 Å². The van der Waals surface area contributed by atoms with Crippen molar-refractivity contribution >= 4 is 11.8 Å². The van der Waals surface area contributed by atoms with Crippen LogP contribution in [0, 0.1) is 5.82 Å². The number of hydroxylamine groups is 1. The zero-order valence-electron chi connectivity index (χ0n) is 7.63. The van der Waals surface area contributed by atoms with Gasteiger partial charge in [-0.15, -0.1) is 11.8 Å². The lowest BCUT2D eigenvalue weighted by Gasteiger charge is -2.04. The highest BCUT2D eigenvalue weighted by Crippen LogP contribution is 2.20. The van der Waals surface area contributed by atoms with E-state index in [-0.39, 0.29) is 5.82 Å². The fourth-order valence-corrected chi connectivity index (χ4v) is 1.50. The molecule has 0 unspecified atom stereocenters. The smallest absolute Gasteiger partial charge is 0.136 e. The molecule has 0 bridgehead atoms. The minimum absolute atomic E-state index is 0.173. The van der Waals surface area contributed by atoms with E-state index in [9.17, 15) is 4.39 Å². The molecule has 0 atom stereocenters. The van der Waals surface area contributed by atoms with E-state index in [0.29, 0.717) is 11.4 Å². The number of halogens is 1. The van der Waals surface area contributed by atoms with Gasteiger partial charge in [0, 0.05) is 11.4 Å². The minimum Gasteiger partial charge on any atom is -0.305 e. The van der Waals surface area contributed by atoms with Crippen LogP contribution in [-0.2, 0) is 11.4 Å². The Morgan fingerprint density at radius 2 is 2.31 bits per heavy atom. The van der Waals surface area contributed by atoms with E-state index < -0.39 is 0 Å². The number of nitrogens with one attached hydrogen (secondary N) is 1. The van der Waals surface area contributed by atoms with E-state index in [1.165, 1.54) is 17.8 Å². The lowest BCUT2D eigenvalue weighted by molar-refractivity contribution is 0.0866. The van der Waals surface area contributed by atoms with E-state index in [1.54, 1.807) is 13.2 Å². The maximum absolute atomic E-state index is 13.0. The van der Waals surface area contributed by atoms with Crippen molar-refractivity contribution in [1.29, 1.82) is 0 Å². The third kappa shape index (κ3) is 2.99. The first-order valence-electron chi connectivity index (χ1n) is 3.86. The van der Waals surface area contributed by atoms with Gasteiger partial charge in [0.1, 0.15) is 5.82 Å². The highest BCUT2D eigenvalue weighted by Gasteiger charge is 2.01. The second kappa shape index (κ2) is 5.21. The van der Waals surface area contributed by atoms with Gasteiger partial charge in [-0.25, -0.2) is 4.39 Å². The summed E-state index contributed by atoms with van der Waals surface area (Å²) in [6, 6.07) is 5.02. The zero-order valence-corrected chi connectivity index (χ0v) is 8.45. The predicted octanol–water partition coefficient (Wildman–Crippen LogP) is 2.20. The molecule has 72 valence electrons. The number of rotatable bonds is 4. The molecule has 0 aliphatic carbocycles. The van der Waals surface area contributed by atoms with Crippen molar-refractivity contribution in [1.82, 2.24) is 5.48 Å². The quantitative estimate of drug-likeness (QED) is 0.596. The molecule has 2 nitrogen and oxygen atoms in total. The van der Waals surface area contributed by atoms with Crippen molar-refractivity contribution in [2.24, 2.45) is 0 Å². The van der Waals surface area contributed by atoms with Gasteiger partial charge in [0.25, 0.3) is 0 Å². The van der Waals surface area contributed by atoms with E-state index in [4.69, 9.17) is 4.84 Å². The van der Waals surface area contributed by atoms with E-state index in [0.717, 1.165) is 5.56 Å². The molecular formula is C9H12FNOS. The Morgan fingerprint density at radius 1 is 1.54 bits per heavy atom. The van der Waals surface area contributed by atoms with Crippen LogP contribution < -0.4 is 5.48 Å². The third-order valence-electron chi connectivity index (χ3n) is 1.64. The van der Waals surface area contributed by atoms with Crippen LogP contribution in [0.1, 0.15) is 5.56 Å². The average molecular weight is 201 g/mol. The van der Waals surface area contributed by atoms with Gasteiger partial charge < -0.3 is 4.84 Å². The second-order valence-electron chi connectivity index (χ2n) is 2.49. The van der Waals surface area contributed by atoms with Crippen LogP contribution in [-0.4, -0.2) is 13.4 Å². The third-order valence-corrected chi connectivity index (χ3v) is 2.39. The van der Waals surface area contributed by atoms with Crippen molar-refractivity contribution in [2.45, 2.75) is 11.4 Å². The molecule has 0 spiro atoms.